The molecule has 3 N–H and O–H groups in total. The standard InChI is InChI=1S/C8H16N4S/c1-8(2,9)6-5-13-7(10-6)11-12(3)4/h5H,9H2,1-4H3,(H,10,11). The number of hydrazine groups is 1. The average Bonchev–Trinajstić information content (AvgIpc) is 2.32. The molecule has 0 radical (unpaired) electrons. The van der Waals surface area contributed by atoms with Crippen LogP contribution in [0, 0.1) is 0 Å². The molecule has 0 atom stereocenters. The van der Waals surface area contributed by atoms with Crippen LogP contribution in [-0.2, 0) is 5.54 Å². The number of rotatable bonds is 3. The molecule has 1 rings (SSSR count). The van der Waals surface area contributed by atoms with Crippen LogP contribution >= 0.6 is 11.3 Å². The molecule has 5 heteroatoms. The number of thiazole rings is 1. The van der Waals surface area contributed by atoms with E-state index in [-0.39, 0.29) is 5.54 Å². The van der Waals surface area contributed by atoms with Crippen molar-refractivity contribution in [3.05, 3.63) is 11.1 Å². The van der Waals surface area contributed by atoms with Crippen molar-refractivity contribution in [2.75, 3.05) is 19.5 Å². The molecule has 4 nitrogen and oxygen atoms in total. The second-order valence-corrected chi connectivity index (χ2v) is 4.62. The maximum absolute atomic E-state index is 5.90. The molecule has 0 fully saturated rings. The Morgan fingerprint density at radius 2 is 2.15 bits per heavy atom. The normalized spacial score (nSPS) is 12.2. The molecule has 0 unspecified atom stereocenters. The summed E-state index contributed by atoms with van der Waals surface area (Å²) in [5, 5.41) is 4.70. The number of nitrogens with one attached hydrogen (secondary N) is 1. The number of aromatic nitrogens is 1. The van der Waals surface area contributed by atoms with Crippen LogP contribution in [0.2, 0.25) is 0 Å². The van der Waals surface area contributed by atoms with Crippen LogP contribution in [0.5, 0.6) is 0 Å². The minimum Gasteiger partial charge on any atom is -0.321 e. The maximum Gasteiger partial charge on any atom is 0.197 e. The predicted molar refractivity (Wildman–Crippen MR) is 56.6 cm³/mol. The number of hydrogen-bond donors (Lipinski definition) is 2. The van der Waals surface area contributed by atoms with Crippen molar-refractivity contribution < 1.29 is 0 Å². The van der Waals surface area contributed by atoms with Crippen molar-refractivity contribution in [1.29, 1.82) is 0 Å². The highest BCUT2D eigenvalue weighted by molar-refractivity contribution is 7.13. The van der Waals surface area contributed by atoms with Gasteiger partial charge in [0.25, 0.3) is 0 Å². The first-order chi connectivity index (χ1) is 5.89. The van der Waals surface area contributed by atoms with Gasteiger partial charge in [0.15, 0.2) is 5.13 Å². The molecule has 1 aromatic heterocycles. The van der Waals surface area contributed by atoms with Gasteiger partial charge in [-0.05, 0) is 13.8 Å². The summed E-state index contributed by atoms with van der Waals surface area (Å²) >= 11 is 1.56. The van der Waals surface area contributed by atoms with Crippen molar-refractivity contribution >= 4 is 16.5 Å². The van der Waals surface area contributed by atoms with Crippen LogP contribution in [-0.4, -0.2) is 24.1 Å². The van der Waals surface area contributed by atoms with Gasteiger partial charge in [-0.1, -0.05) is 0 Å². The monoisotopic (exact) mass is 200 g/mol. The molecule has 0 aliphatic heterocycles. The van der Waals surface area contributed by atoms with Gasteiger partial charge < -0.3 is 5.73 Å². The molecular formula is C8H16N4S. The minimum atomic E-state index is -0.358. The third-order valence-corrected chi connectivity index (χ3v) is 2.23. The maximum atomic E-state index is 5.90. The van der Waals surface area contributed by atoms with E-state index in [0.717, 1.165) is 10.8 Å². The van der Waals surface area contributed by atoms with Crippen LogP contribution in [0.1, 0.15) is 19.5 Å². The number of hydrogen-bond acceptors (Lipinski definition) is 5. The predicted octanol–water partition coefficient (Wildman–Crippen LogP) is 1.23. The summed E-state index contributed by atoms with van der Waals surface area (Å²) in [6, 6.07) is 0. The van der Waals surface area contributed by atoms with Crippen LogP contribution < -0.4 is 11.2 Å². The van der Waals surface area contributed by atoms with Gasteiger partial charge in [-0.2, -0.15) is 0 Å². The van der Waals surface area contributed by atoms with E-state index in [2.05, 4.69) is 10.4 Å². The zero-order valence-corrected chi connectivity index (χ0v) is 9.27. The second kappa shape index (κ2) is 3.61. The van der Waals surface area contributed by atoms with E-state index in [1.807, 2.05) is 38.3 Å². The topological polar surface area (TPSA) is 54.2 Å². The zero-order chi connectivity index (χ0) is 10.1. The summed E-state index contributed by atoms with van der Waals surface area (Å²) < 4.78 is 0. The average molecular weight is 200 g/mol. The fourth-order valence-corrected chi connectivity index (χ4v) is 1.78. The molecule has 74 valence electrons. The summed E-state index contributed by atoms with van der Waals surface area (Å²) in [6.45, 7) is 3.89. The Kier molecular flexibility index (Phi) is 2.90. The van der Waals surface area contributed by atoms with Gasteiger partial charge in [0, 0.05) is 19.5 Å². The van der Waals surface area contributed by atoms with Crippen molar-refractivity contribution in [2.24, 2.45) is 5.73 Å². The van der Waals surface area contributed by atoms with Gasteiger partial charge in [0.05, 0.1) is 11.2 Å². The van der Waals surface area contributed by atoms with Crippen molar-refractivity contribution in [3.63, 3.8) is 0 Å². The summed E-state index contributed by atoms with van der Waals surface area (Å²) in [5.74, 6) is 0. The molecule has 0 saturated heterocycles. The highest BCUT2D eigenvalue weighted by atomic mass is 32.1. The van der Waals surface area contributed by atoms with Crippen molar-refractivity contribution in [2.45, 2.75) is 19.4 Å². The Bertz CT molecular complexity index is 274. The molecule has 0 aliphatic carbocycles. The molecule has 13 heavy (non-hydrogen) atoms. The Morgan fingerprint density at radius 1 is 1.54 bits per heavy atom. The number of anilines is 1. The fourth-order valence-electron chi connectivity index (χ4n) is 0.812. The smallest absolute Gasteiger partial charge is 0.197 e. The van der Waals surface area contributed by atoms with Gasteiger partial charge in [-0.15, -0.1) is 11.3 Å². The minimum absolute atomic E-state index is 0.358. The molecule has 0 spiro atoms. The third-order valence-electron chi connectivity index (χ3n) is 1.48. The summed E-state index contributed by atoms with van der Waals surface area (Å²) in [7, 11) is 3.85. The third kappa shape index (κ3) is 2.95. The highest BCUT2D eigenvalue weighted by Crippen LogP contribution is 2.22. The van der Waals surface area contributed by atoms with Crippen LogP contribution in [0.15, 0.2) is 5.38 Å². The van der Waals surface area contributed by atoms with Gasteiger partial charge in [0.2, 0.25) is 0 Å². The van der Waals surface area contributed by atoms with E-state index < -0.39 is 0 Å². The number of nitrogens with two attached hydrogens (primary N) is 1. The van der Waals surface area contributed by atoms with Gasteiger partial charge >= 0.3 is 0 Å². The molecule has 0 saturated carbocycles. The summed E-state index contributed by atoms with van der Waals surface area (Å²) in [5.41, 5.74) is 9.55. The van der Waals surface area contributed by atoms with Gasteiger partial charge in [-0.3, -0.25) is 5.43 Å². The van der Waals surface area contributed by atoms with Crippen molar-refractivity contribution in [1.82, 2.24) is 9.99 Å². The summed E-state index contributed by atoms with van der Waals surface area (Å²) in [4.78, 5) is 4.36. The van der Waals surface area contributed by atoms with E-state index >= 15 is 0 Å². The van der Waals surface area contributed by atoms with E-state index in [1.54, 1.807) is 11.3 Å². The van der Waals surface area contributed by atoms with Crippen LogP contribution in [0.3, 0.4) is 0 Å². The Labute approximate surface area is 82.7 Å². The zero-order valence-electron chi connectivity index (χ0n) is 8.46. The molecular weight excluding hydrogens is 184 g/mol. The van der Waals surface area contributed by atoms with E-state index in [0.29, 0.717) is 0 Å². The molecule has 0 aromatic carbocycles. The van der Waals surface area contributed by atoms with E-state index in [9.17, 15) is 0 Å². The lowest BCUT2D eigenvalue weighted by molar-refractivity contribution is 0.491. The Morgan fingerprint density at radius 3 is 2.54 bits per heavy atom. The molecule has 0 aliphatic rings. The van der Waals surface area contributed by atoms with E-state index in [4.69, 9.17) is 5.73 Å². The fraction of sp³-hybridized carbons (Fsp3) is 0.625. The second-order valence-electron chi connectivity index (χ2n) is 3.77. The molecule has 0 bridgehead atoms. The Balaban J connectivity index is 2.75. The lowest BCUT2D eigenvalue weighted by atomic mass is 10.0. The number of nitrogens with zero attached hydrogens (tertiary/aromatic N) is 2. The molecule has 1 heterocycles. The quantitative estimate of drug-likeness (QED) is 0.720. The lowest BCUT2D eigenvalue weighted by Crippen LogP contribution is -2.29. The summed E-state index contributed by atoms with van der Waals surface area (Å²) in [6.07, 6.45) is 0. The van der Waals surface area contributed by atoms with Gasteiger partial charge in [0.1, 0.15) is 0 Å². The Hall–Kier alpha value is -0.650. The van der Waals surface area contributed by atoms with E-state index in [1.165, 1.54) is 0 Å². The highest BCUT2D eigenvalue weighted by Gasteiger charge is 2.17. The first-order valence-corrected chi connectivity index (χ1v) is 4.96. The molecule has 1 aromatic rings. The molecule has 0 amide bonds. The van der Waals surface area contributed by atoms with Crippen LogP contribution in [0.4, 0.5) is 5.13 Å². The van der Waals surface area contributed by atoms with Gasteiger partial charge in [-0.25, -0.2) is 9.99 Å². The SMILES string of the molecule is CN(C)Nc1nc(C(C)(C)N)cs1. The van der Waals surface area contributed by atoms with Crippen molar-refractivity contribution in [3.8, 4) is 0 Å². The largest absolute Gasteiger partial charge is 0.321 e. The first-order valence-electron chi connectivity index (χ1n) is 4.08. The first kappa shape index (κ1) is 10.4. The lowest BCUT2D eigenvalue weighted by Gasteiger charge is -2.15. The van der Waals surface area contributed by atoms with Crippen LogP contribution in [0.25, 0.3) is 0 Å².